The second kappa shape index (κ2) is 7.15. The number of morpholine rings is 1. The van der Waals surface area contributed by atoms with Gasteiger partial charge in [0, 0.05) is 25.4 Å². The van der Waals surface area contributed by atoms with Gasteiger partial charge in [-0.25, -0.2) is 4.98 Å². The largest absolute Gasteiger partial charge is 0.393 e. The van der Waals surface area contributed by atoms with Crippen molar-refractivity contribution in [1.82, 2.24) is 14.5 Å². The number of aliphatic hydroxyl groups excluding tert-OH is 1. The molecule has 1 atom stereocenters. The van der Waals surface area contributed by atoms with E-state index in [9.17, 15) is 9.90 Å². The minimum atomic E-state index is -0.741. The van der Waals surface area contributed by atoms with Crippen molar-refractivity contribution in [1.29, 1.82) is 0 Å². The first kappa shape index (κ1) is 16.7. The average molecular weight is 329 g/mol. The Labute approximate surface area is 141 Å². The van der Waals surface area contributed by atoms with Crippen LogP contribution in [0.1, 0.15) is 11.1 Å². The number of aryl methyl sites for hydroxylation is 1. The molecule has 6 nitrogen and oxygen atoms in total. The normalized spacial score (nSPS) is 21.0. The monoisotopic (exact) mass is 329 g/mol. The highest BCUT2D eigenvalue weighted by molar-refractivity contribution is 5.76. The third-order valence-corrected chi connectivity index (χ3v) is 4.54. The molecule has 1 saturated heterocycles. The zero-order valence-electron chi connectivity index (χ0n) is 13.9. The van der Waals surface area contributed by atoms with Crippen LogP contribution in [0.2, 0.25) is 0 Å². The van der Waals surface area contributed by atoms with Gasteiger partial charge >= 0.3 is 0 Å². The maximum absolute atomic E-state index is 12.5. The molecule has 1 aliphatic rings. The molecule has 1 aliphatic heterocycles. The fourth-order valence-corrected chi connectivity index (χ4v) is 3.11. The van der Waals surface area contributed by atoms with Gasteiger partial charge in [-0.05, 0) is 18.1 Å². The number of hydrogen-bond acceptors (Lipinski definition) is 4. The minimum Gasteiger partial charge on any atom is -0.393 e. The highest BCUT2D eigenvalue weighted by atomic mass is 16.5. The maximum atomic E-state index is 12.5. The Morgan fingerprint density at radius 3 is 2.96 bits per heavy atom. The van der Waals surface area contributed by atoms with Crippen LogP contribution in [-0.2, 0) is 22.5 Å². The number of nitrogens with zero attached hydrogens (tertiary/aromatic N) is 3. The number of hydrogen-bond donors (Lipinski definition) is 1. The average Bonchev–Trinajstić information content (AvgIpc) is 3.10. The topological polar surface area (TPSA) is 67.6 Å². The molecule has 0 saturated carbocycles. The van der Waals surface area contributed by atoms with Crippen molar-refractivity contribution in [2.45, 2.75) is 25.5 Å². The summed E-state index contributed by atoms with van der Waals surface area (Å²) in [5.74, 6) is 0.0129. The lowest BCUT2D eigenvalue weighted by Gasteiger charge is -2.42. The number of carbonyl (C=O) groups is 1. The van der Waals surface area contributed by atoms with E-state index >= 15 is 0 Å². The number of rotatable bonds is 5. The Morgan fingerprint density at radius 1 is 1.42 bits per heavy atom. The number of carbonyl (C=O) groups excluding carboxylic acids is 1. The van der Waals surface area contributed by atoms with E-state index in [0.717, 1.165) is 11.1 Å². The second-order valence-corrected chi connectivity index (χ2v) is 6.34. The zero-order chi connectivity index (χ0) is 17.0. The number of amides is 1. The molecule has 2 aromatic rings. The van der Waals surface area contributed by atoms with Crippen LogP contribution in [0.4, 0.5) is 0 Å². The number of aliphatic hydroxyl groups is 1. The van der Waals surface area contributed by atoms with E-state index in [1.165, 1.54) is 0 Å². The third kappa shape index (κ3) is 3.66. The van der Waals surface area contributed by atoms with E-state index in [-0.39, 0.29) is 19.1 Å². The van der Waals surface area contributed by atoms with Crippen LogP contribution in [0.5, 0.6) is 0 Å². The highest BCUT2D eigenvalue weighted by Gasteiger charge is 2.38. The zero-order valence-corrected chi connectivity index (χ0v) is 13.9. The first-order valence-electron chi connectivity index (χ1n) is 8.15. The van der Waals surface area contributed by atoms with Crippen molar-refractivity contribution < 1.29 is 14.6 Å². The minimum absolute atomic E-state index is 0.0129. The van der Waals surface area contributed by atoms with Crippen LogP contribution in [0.15, 0.2) is 43.0 Å². The van der Waals surface area contributed by atoms with E-state index in [1.807, 2.05) is 31.2 Å². The van der Waals surface area contributed by atoms with Crippen molar-refractivity contribution >= 4 is 5.91 Å². The van der Waals surface area contributed by atoms with Gasteiger partial charge in [-0.3, -0.25) is 4.79 Å². The first-order chi connectivity index (χ1) is 11.6. The summed E-state index contributed by atoms with van der Waals surface area (Å²) in [6, 6.07) is 8.07. The van der Waals surface area contributed by atoms with Gasteiger partial charge < -0.3 is 19.3 Å². The van der Waals surface area contributed by atoms with Gasteiger partial charge in [-0.1, -0.05) is 24.3 Å². The number of benzene rings is 1. The Bertz CT molecular complexity index is 687. The maximum Gasteiger partial charge on any atom is 0.242 e. The highest BCUT2D eigenvalue weighted by Crippen LogP contribution is 2.24. The summed E-state index contributed by atoms with van der Waals surface area (Å²) in [7, 11) is 0. The van der Waals surface area contributed by atoms with Gasteiger partial charge in [-0.15, -0.1) is 0 Å². The van der Waals surface area contributed by atoms with E-state index < -0.39 is 5.60 Å². The Kier molecular flexibility index (Phi) is 4.97. The van der Waals surface area contributed by atoms with Gasteiger partial charge in [0.15, 0.2) is 0 Å². The predicted molar refractivity (Wildman–Crippen MR) is 89.5 cm³/mol. The van der Waals surface area contributed by atoms with Crippen molar-refractivity contribution in [2.75, 3.05) is 26.3 Å². The molecule has 0 aliphatic carbocycles. The molecule has 1 aromatic heterocycles. The van der Waals surface area contributed by atoms with Gasteiger partial charge in [0.05, 0.1) is 26.1 Å². The molecule has 0 spiro atoms. The smallest absolute Gasteiger partial charge is 0.242 e. The molecule has 1 aromatic carbocycles. The van der Waals surface area contributed by atoms with E-state index in [4.69, 9.17) is 4.74 Å². The van der Waals surface area contributed by atoms with Crippen LogP contribution >= 0.6 is 0 Å². The van der Waals surface area contributed by atoms with Crippen LogP contribution in [0, 0.1) is 6.92 Å². The van der Waals surface area contributed by atoms with E-state index in [0.29, 0.717) is 26.1 Å². The van der Waals surface area contributed by atoms with Crippen molar-refractivity contribution in [3.8, 4) is 0 Å². The molecule has 0 radical (unpaired) electrons. The summed E-state index contributed by atoms with van der Waals surface area (Å²) < 4.78 is 7.68. The second-order valence-electron chi connectivity index (χ2n) is 6.34. The van der Waals surface area contributed by atoms with E-state index in [1.54, 1.807) is 28.2 Å². The van der Waals surface area contributed by atoms with Gasteiger partial charge in [-0.2, -0.15) is 0 Å². The molecule has 2 heterocycles. The molecular formula is C18H23N3O3. The lowest BCUT2D eigenvalue weighted by molar-refractivity contribution is -0.158. The molecule has 6 heteroatoms. The van der Waals surface area contributed by atoms with Crippen molar-refractivity contribution in [3.63, 3.8) is 0 Å². The number of imidazole rings is 1. The van der Waals surface area contributed by atoms with Crippen molar-refractivity contribution in [2.24, 2.45) is 0 Å². The van der Waals surface area contributed by atoms with E-state index in [2.05, 4.69) is 4.98 Å². The molecule has 1 fully saturated rings. The lowest BCUT2D eigenvalue weighted by atomic mass is 9.91. The molecule has 1 N–H and O–H groups in total. The molecule has 0 bridgehead atoms. The molecule has 3 rings (SSSR count). The molecule has 1 unspecified atom stereocenters. The third-order valence-electron chi connectivity index (χ3n) is 4.54. The molecule has 1 amide bonds. The fourth-order valence-electron chi connectivity index (χ4n) is 3.11. The van der Waals surface area contributed by atoms with Crippen LogP contribution in [-0.4, -0.2) is 57.4 Å². The molecule has 24 heavy (non-hydrogen) atoms. The van der Waals surface area contributed by atoms with Gasteiger partial charge in [0.1, 0.15) is 12.1 Å². The lowest BCUT2D eigenvalue weighted by Crippen LogP contribution is -2.57. The quantitative estimate of drug-likeness (QED) is 0.889. The Morgan fingerprint density at radius 2 is 2.25 bits per heavy atom. The fraction of sp³-hybridized carbons (Fsp3) is 0.444. The van der Waals surface area contributed by atoms with Crippen LogP contribution in [0.25, 0.3) is 0 Å². The van der Waals surface area contributed by atoms with Crippen LogP contribution in [0.3, 0.4) is 0 Å². The number of ether oxygens (including phenoxy) is 1. The molecule has 128 valence electrons. The standard InChI is InChI=1S/C18H23N3O3/c1-15-4-2-3-5-16(15)10-18(13-22)12-21(8-9-24-18)17(23)11-20-7-6-19-14-20/h2-7,14,22H,8-13H2,1H3. The van der Waals surface area contributed by atoms with Crippen molar-refractivity contribution in [3.05, 3.63) is 54.1 Å². The van der Waals surface area contributed by atoms with Crippen LogP contribution < -0.4 is 0 Å². The Hall–Kier alpha value is -2.18. The van der Waals surface area contributed by atoms with Gasteiger partial charge in [0.25, 0.3) is 0 Å². The Balaban J connectivity index is 1.72. The first-order valence-corrected chi connectivity index (χ1v) is 8.15. The van der Waals surface area contributed by atoms with Gasteiger partial charge in [0.2, 0.25) is 5.91 Å². The SMILES string of the molecule is Cc1ccccc1CC1(CO)CN(C(=O)Cn2ccnc2)CCO1. The summed E-state index contributed by atoms with van der Waals surface area (Å²) in [4.78, 5) is 18.3. The summed E-state index contributed by atoms with van der Waals surface area (Å²) in [6.45, 7) is 3.56. The summed E-state index contributed by atoms with van der Waals surface area (Å²) in [6.07, 6.45) is 5.64. The number of aromatic nitrogens is 2. The summed E-state index contributed by atoms with van der Waals surface area (Å²) >= 11 is 0. The molecular weight excluding hydrogens is 306 g/mol. The predicted octanol–water partition coefficient (Wildman–Crippen LogP) is 1.02. The summed E-state index contributed by atoms with van der Waals surface area (Å²) in [5.41, 5.74) is 1.56. The summed E-state index contributed by atoms with van der Waals surface area (Å²) in [5, 5.41) is 9.97.